The largest absolute Gasteiger partial charge is 0.294 e. The number of carbonyl (C=O) groups is 4. The molecule has 0 aliphatic heterocycles. The molecule has 0 aromatic carbocycles. The van der Waals surface area contributed by atoms with Crippen LogP contribution in [0.25, 0.3) is 0 Å². The zero-order valence-corrected chi connectivity index (χ0v) is 20.2. The Morgan fingerprint density at radius 2 is 1.50 bits per heavy atom. The predicted octanol–water partition coefficient (Wildman–Crippen LogP) is 4.60. The third kappa shape index (κ3) is 3.11. The average Bonchev–Trinajstić information content (AvgIpc) is 3.07. The number of thiol groups is 2. The maximum atomic E-state index is 13.4. The van der Waals surface area contributed by atoms with Gasteiger partial charge in [0.1, 0.15) is 0 Å². The molecule has 0 heterocycles. The quantitative estimate of drug-likeness (QED) is 0.479. The number of halogens is 2. The summed E-state index contributed by atoms with van der Waals surface area (Å²) in [6.07, 6.45) is 1.62. The summed E-state index contributed by atoms with van der Waals surface area (Å²) in [7, 11) is 0. The number of ketones is 4. The Morgan fingerprint density at radius 1 is 0.964 bits per heavy atom. The van der Waals surface area contributed by atoms with Crippen molar-refractivity contribution in [3.8, 4) is 0 Å². The highest BCUT2D eigenvalue weighted by molar-refractivity contribution is 9.12. The highest BCUT2D eigenvalue weighted by atomic mass is 79.9. The summed E-state index contributed by atoms with van der Waals surface area (Å²) in [6.45, 7) is 3.71. The van der Waals surface area contributed by atoms with Crippen LogP contribution in [0.15, 0.2) is 41.7 Å². The standard InChI is InChI=1S/C20H18Br2O4S2/c1-3-5-7(23)9-11-12(10(19(9)27)8(24)6-4-2)18(26)14-13(17(11)25)15(21)20(28)16(14)22/h11,20,27-28H,3-6H2,1-2H3. The molecule has 0 amide bonds. The molecule has 148 valence electrons. The summed E-state index contributed by atoms with van der Waals surface area (Å²) in [5.74, 6) is -2.36. The monoisotopic (exact) mass is 544 g/mol. The minimum absolute atomic E-state index is 0.0892. The number of allylic oxidation sites excluding steroid dienone is 5. The van der Waals surface area contributed by atoms with Gasteiger partial charge in [-0.3, -0.25) is 19.2 Å². The van der Waals surface area contributed by atoms with Gasteiger partial charge in [0.25, 0.3) is 0 Å². The highest BCUT2D eigenvalue weighted by Gasteiger charge is 2.53. The molecule has 8 heteroatoms. The average molecular weight is 546 g/mol. The molecule has 1 saturated carbocycles. The SMILES string of the molecule is CCCC(=O)C1=C2C(=O)C3=C(Br)C(S)C(Br)=C3C(=O)C2C(C(=O)CCC)=C1S. The van der Waals surface area contributed by atoms with E-state index in [1.54, 1.807) is 0 Å². The fourth-order valence-electron chi connectivity index (χ4n) is 3.85. The van der Waals surface area contributed by atoms with E-state index >= 15 is 0 Å². The summed E-state index contributed by atoms with van der Waals surface area (Å²) in [5.41, 5.74) is 0.835. The van der Waals surface area contributed by atoms with E-state index in [0.717, 1.165) is 0 Å². The van der Waals surface area contributed by atoms with Crippen molar-refractivity contribution < 1.29 is 19.2 Å². The van der Waals surface area contributed by atoms with E-state index in [2.05, 4.69) is 57.1 Å². The topological polar surface area (TPSA) is 68.3 Å². The van der Waals surface area contributed by atoms with Gasteiger partial charge in [-0.2, -0.15) is 12.6 Å². The number of rotatable bonds is 6. The first kappa shape index (κ1) is 22.0. The Hall–Kier alpha value is -0.700. The van der Waals surface area contributed by atoms with Crippen LogP contribution in [0.1, 0.15) is 39.5 Å². The smallest absolute Gasteiger partial charge is 0.192 e. The van der Waals surface area contributed by atoms with E-state index in [1.807, 2.05) is 13.8 Å². The number of carbonyl (C=O) groups excluding carboxylic acids is 4. The molecule has 0 bridgehead atoms. The highest BCUT2D eigenvalue weighted by Crippen LogP contribution is 2.53. The van der Waals surface area contributed by atoms with Gasteiger partial charge in [-0.25, -0.2) is 0 Å². The molecule has 0 aromatic rings. The van der Waals surface area contributed by atoms with Crippen molar-refractivity contribution in [3.05, 3.63) is 41.7 Å². The summed E-state index contributed by atoms with van der Waals surface area (Å²) < 4.78 is 0.977. The summed E-state index contributed by atoms with van der Waals surface area (Å²) in [4.78, 5) is 52.7. The molecule has 3 rings (SSSR count). The van der Waals surface area contributed by atoms with Crippen LogP contribution in [-0.4, -0.2) is 28.4 Å². The maximum absolute atomic E-state index is 13.4. The number of fused-ring (bicyclic) bond motifs is 2. The van der Waals surface area contributed by atoms with Gasteiger partial charge in [0.2, 0.25) is 0 Å². The first-order valence-electron chi connectivity index (χ1n) is 8.99. The molecule has 2 unspecified atom stereocenters. The Labute approximate surface area is 191 Å². The normalized spacial score (nSPS) is 24.5. The van der Waals surface area contributed by atoms with Gasteiger partial charge in [-0.1, -0.05) is 45.7 Å². The number of hydrogen-bond acceptors (Lipinski definition) is 6. The number of Topliss-reactive ketones (excluding diaryl/α,β-unsaturated/α-hetero) is 4. The van der Waals surface area contributed by atoms with E-state index in [0.29, 0.717) is 21.8 Å². The Bertz CT molecular complexity index is 969. The van der Waals surface area contributed by atoms with Crippen LogP contribution < -0.4 is 0 Å². The van der Waals surface area contributed by atoms with Crippen LogP contribution in [0.5, 0.6) is 0 Å². The van der Waals surface area contributed by atoms with Crippen LogP contribution in [0.2, 0.25) is 0 Å². The lowest BCUT2D eigenvalue weighted by atomic mass is 9.74. The lowest BCUT2D eigenvalue weighted by Crippen LogP contribution is -2.34. The molecule has 0 aromatic heterocycles. The third-order valence-corrected chi connectivity index (χ3v) is 8.46. The van der Waals surface area contributed by atoms with Gasteiger partial charge < -0.3 is 0 Å². The van der Waals surface area contributed by atoms with Crippen molar-refractivity contribution >= 4 is 80.3 Å². The van der Waals surface area contributed by atoms with Gasteiger partial charge in [-0.05, 0) is 12.8 Å². The van der Waals surface area contributed by atoms with Gasteiger partial charge >= 0.3 is 0 Å². The van der Waals surface area contributed by atoms with Gasteiger partial charge in [0.15, 0.2) is 23.1 Å². The number of hydrogen-bond donors (Lipinski definition) is 2. The maximum Gasteiger partial charge on any atom is 0.192 e. The van der Waals surface area contributed by atoms with Crippen LogP contribution in [0.4, 0.5) is 0 Å². The van der Waals surface area contributed by atoms with E-state index in [-0.39, 0.29) is 63.0 Å². The second-order valence-corrected chi connectivity index (χ2v) is 9.54. The molecular weight excluding hydrogens is 528 g/mol. The molecule has 1 fully saturated rings. The predicted molar refractivity (Wildman–Crippen MR) is 121 cm³/mol. The molecule has 0 saturated heterocycles. The summed E-state index contributed by atoms with van der Waals surface area (Å²) >= 11 is 15.7. The summed E-state index contributed by atoms with van der Waals surface area (Å²) in [5, 5.41) is -0.471. The fraction of sp³-hybridized carbons (Fsp3) is 0.400. The third-order valence-electron chi connectivity index (χ3n) is 5.06. The molecule has 4 nitrogen and oxygen atoms in total. The van der Waals surface area contributed by atoms with E-state index in [9.17, 15) is 19.2 Å². The molecule has 28 heavy (non-hydrogen) atoms. The van der Waals surface area contributed by atoms with Crippen molar-refractivity contribution in [3.63, 3.8) is 0 Å². The first-order chi connectivity index (χ1) is 13.2. The van der Waals surface area contributed by atoms with E-state index < -0.39 is 17.0 Å². The van der Waals surface area contributed by atoms with Crippen LogP contribution in [-0.2, 0) is 19.2 Å². The second-order valence-electron chi connectivity index (χ2n) is 6.87. The molecule has 0 N–H and O–H groups in total. The van der Waals surface area contributed by atoms with Crippen molar-refractivity contribution in [2.75, 3.05) is 0 Å². The zero-order chi connectivity index (χ0) is 20.9. The minimum atomic E-state index is -1.07. The zero-order valence-electron chi connectivity index (χ0n) is 15.3. The molecule has 2 atom stereocenters. The van der Waals surface area contributed by atoms with E-state index in [4.69, 9.17) is 0 Å². The van der Waals surface area contributed by atoms with Gasteiger partial charge in [-0.15, -0.1) is 12.6 Å². The van der Waals surface area contributed by atoms with Crippen LogP contribution >= 0.6 is 57.1 Å². The van der Waals surface area contributed by atoms with Gasteiger partial charge in [0.05, 0.1) is 11.2 Å². The molecule has 3 aliphatic rings. The van der Waals surface area contributed by atoms with Crippen molar-refractivity contribution in [1.82, 2.24) is 0 Å². The van der Waals surface area contributed by atoms with Crippen molar-refractivity contribution in [1.29, 1.82) is 0 Å². The molecule has 0 spiro atoms. The van der Waals surface area contributed by atoms with Crippen molar-refractivity contribution in [2.45, 2.75) is 44.8 Å². The Kier molecular flexibility index (Phi) is 6.44. The minimum Gasteiger partial charge on any atom is -0.294 e. The van der Waals surface area contributed by atoms with Crippen LogP contribution in [0, 0.1) is 5.92 Å². The fourth-order valence-corrected chi connectivity index (χ4v) is 6.14. The Balaban J connectivity index is 2.30. The van der Waals surface area contributed by atoms with Crippen molar-refractivity contribution in [2.24, 2.45) is 5.92 Å². The lowest BCUT2D eigenvalue weighted by Gasteiger charge is -2.25. The first-order valence-corrected chi connectivity index (χ1v) is 11.5. The molecular formula is C20H18Br2O4S2. The molecule has 0 radical (unpaired) electrons. The van der Waals surface area contributed by atoms with E-state index in [1.165, 1.54) is 0 Å². The Morgan fingerprint density at radius 3 is 2.07 bits per heavy atom. The lowest BCUT2D eigenvalue weighted by molar-refractivity contribution is -0.123. The molecule has 3 aliphatic carbocycles. The second kappa shape index (κ2) is 8.20. The van der Waals surface area contributed by atoms with Gasteiger partial charge in [0, 0.05) is 54.6 Å². The summed E-state index contributed by atoms with van der Waals surface area (Å²) in [6, 6.07) is 0. The van der Waals surface area contributed by atoms with Crippen LogP contribution in [0.3, 0.4) is 0 Å².